The van der Waals surface area contributed by atoms with Crippen LogP contribution in [-0.2, 0) is 18.0 Å². The molecule has 0 saturated heterocycles. The van der Waals surface area contributed by atoms with Crippen LogP contribution in [0.1, 0.15) is 16.7 Å². The maximum Gasteiger partial charge on any atom is 0.123 e. The highest BCUT2D eigenvalue weighted by atomic mass is 19.1. The van der Waals surface area contributed by atoms with Crippen molar-refractivity contribution in [3.8, 4) is 11.8 Å². The van der Waals surface area contributed by atoms with Gasteiger partial charge in [-0.25, -0.2) is 4.39 Å². The fourth-order valence-electron chi connectivity index (χ4n) is 2.93. The molecule has 0 aromatic heterocycles. The minimum absolute atomic E-state index is 0.122. The van der Waals surface area contributed by atoms with Crippen LogP contribution in [0.3, 0.4) is 0 Å². The van der Waals surface area contributed by atoms with E-state index in [-0.39, 0.29) is 12.0 Å². The van der Waals surface area contributed by atoms with Crippen molar-refractivity contribution in [1.29, 1.82) is 0 Å². The van der Waals surface area contributed by atoms with E-state index in [2.05, 4.69) is 34.6 Å². The van der Waals surface area contributed by atoms with Gasteiger partial charge in [0.1, 0.15) is 12.0 Å². The van der Waals surface area contributed by atoms with Crippen molar-refractivity contribution < 1.29 is 9.13 Å². The second kappa shape index (κ2) is 7.94. The Morgan fingerprint density at radius 1 is 1.00 bits per heavy atom. The molecule has 0 spiro atoms. The summed E-state index contributed by atoms with van der Waals surface area (Å²) in [6.45, 7) is 0.866. The lowest BCUT2D eigenvalue weighted by Gasteiger charge is -2.16. The molecule has 0 radical (unpaired) electrons. The van der Waals surface area contributed by atoms with Gasteiger partial charge in [-0.15, -0.1) is 0 Å². The van der Waals surface area contributed by atoms with Gasteiger partial charge in [0.25, 0.3) is 0 Å². The first-order valence-corrected chi connectivity index (χ1v) is 8.80. The van der Waals surface area contributed by atoms with Crippen LogP contribution < -0.4 is 10.6 Å². The number of rotatable bonds is 4. The molecule has 0 fully saturated rings. The van der Waals surface area contributed by atoms with Crippen LogP contribution in [0.25, 0.3) is 0 Å². The molecule has 3 nitrogen and oxygen atoms in total. The quantitative estimate of drug-likeness (QED) is 0.817. The fourth-order valence-corrected chi connectivity index (χ4v) is 2.93. The van der Waals surface area contributed by atoms with Crippen molar-refractivity contribution in [3.63, 3.8) is 0 Å². The number of benzene rings is 2. The number of fused-ring (bicyclic) bond motifs is 1. The Bertz CT molecular complexity index is 977. The van der Waals surface area contributed by atoms with Crippen molar-refractivity contribution in [2.24, 2.45) is 0 Å². The Morgan fingerprint density at radius 3 is 2.67 bits per heavy atom. The highest BCUT2D eigenvalue weighted by molar-refractivity contribution is 5.49. The average molecular weight is 358 g/mol. The van der Waals surface area contributed by atoms with Gasteiger partial charge in [0.05, 0.1) is 18.9 Å². The van der Waals surface area contributed by atoms with E-state index >= 15 is 0 Å². The second-order valence-electron chi connectivity index (χ2n) is 6.40. The maximum absolute atomic E-state index is 13.1. The summed E-state index contributed by atoms with van der Waals surface area (Å²) >= 11 is 0. The lowest BCUT2D eigenvalue weighted by Crippen LogP contribution is -2.36. The predicted octanol–water partition coefficient (Wildman–Crippen LogP) is 3.75. The van der Waals surface area contributed by atoms with Crippen LogP contribution in [0.4, 0.5) is 4.39 Å². The van der Waals surface area contributed by atoms with E-state index in [0.29, 0.717) is 13.2 Å². The summed E-state index contributed by atoms with van der Waals surface area (Å²) in [6, 6.07) is 14.4. The fraction of sp³-hybridized carbons (Fsp3) is 0.130. The molecule has 0 saturated carbocycles. The van der Waals surface area contributed by atoms with Gasteiger partial charge in [-0.05, 0) is 65.2 Å². The van der Waals surface area contributed by atoms with Gasteiger partial charge < -0.3 is 15.4 Å². The van der Waals surface area contributed by atoms with E-state index in [1.54, 1.807) is 6.07 Å². The van der Waals surface area contributed by atoms with Crippen molar-refractivity contribution in [2.45, 2.75) is 19.4 Å². The molecule has 0 aliphatic carbocycles. The Balaban J connectivity index is 1.31. The van der Waals surface area contributed by atoms with E-state index in [9.17, 15) is 4.39 Å². The summed E-state index contributed by atoms with van der Waals surface area (Å²) < 4.78 is 18.8. The monoisotopic (exact) mass is 358 g/mol. The summed E-state index contributed by atoms with van der Waals surface area (Å²) in [4.78, 5) is 0. The van der Waals surface area contributed by atoms with Gasteiger partial charge in [-0.3, -0.25) is 0 Å². The van der Waals surface area contributed by atoms with Crippen LogP contribution in [0.2, 0.25) is 0 Å². The number of nitrogens with one attached hydrogen (secondary N) is 2. The number of halogens is 1. The van der Waals surface area contributed by atoms with Crippen molar-refractivity contribution >= 4 is 0 Å². The van der Waals surface area contributed by atoms with Gasteiger partial charge in [0.15, 0.2) is 0 Å². The molecule has 0 amide bonds. The molecule has 2 aliphatic rings. The van der Waals surface area contributed by atoms with Gasteiger partial charge in [0, 0.05) is 5.56 Å². The smallest absolute Gasteiger partial charge is 0.123 e. The zero-order valence-corrected chi connectivity index (χ0v) is 14.7. The van der Waals surface area contributed by atoms with Gasteiger partial charge in [0.2, 0.25) is 0 Å². The first kappa shape index (κ1) is 17.1. The zero-order valence-electron chi connectivity index (χ0n) is 14.7. The molecule has 2 aromatic rings. The summed E-state index contributed by atoms with van der Waals surface area (Å²) in [6.07, 6.45) is 8.15. The Kier molecular flexibility index (Phi) is 5.04. The molecular weight excluding hydrogens is 339 g/mol. The number of dihydropyridines is 1. The highest BCUT2D eigenvalue weighted by Crippen LogP contribution is 2.16. The molecule has 2 aliphatic heterocycles. The third-order valence-corrected chi connectivity index (χ3v) is 4.31. The number of ether oxygens (including phenoxy) is 1. The minimum atomic E-state index is -0.242. The number of hydrogen-bond donors (Lipinski definition) is 2. The first-order valence-electron chi connectivity index (χ1n) is 8.80. The van der Waals surface area contributed by atoms with Crippen LogP contribution in [0.15, 0.2) is 84.2 Å². The van der Waals surface area contributed by atoms with E-state index < -0.39 is 0 Å². The molecule has 27 heavy (non-hydrogen) atoms. The van der Waals surface area contributed by atoms with Crippen molar-refractivity contribution in [2.75, 3.05) is 0 Å². The van der Waals surface area contributed by atoms with Crippen LogP contribution >= 0.6 is 0 Å². The lowest BCUT2D eigenvalue weighted by molar-refractivity contribution is 0.107. The second-order valence-corrected chi connectivity index (χ2v) is 6.40. The first-order chi connectivity index (χ1) is 13.3. The topological polar surface area (TPSA) is 33.3 Å². The van der Waals surface area contributed by atoms with E-state index in [1.807, 2.05) is 42.6 Å². The molecule has 2 heterocycles. The minimum Gasteiger partial charge on any atom is -0.372 e. The molecule has 0 bridgehead atoms. The Hall–Kier alpha value is -3.29. The third kappa shape index (κ3) is 4.46. The summed E-state index contributed by atoms with van der Waals surface area (Å²) in [5.41, 5.74) is 4.93. The maximum atomic E-state index is 13.1. The van der Waals surface area contributed by atoms with E-state index in [1.165, 1.54) is 17.7 Å². The molecule has 1 unspecified atom stereocenters. The van der Waals surface area contributed by atoms with Crippen molar-refractivity contribution in [3.05, 3.63) is 107 Å². The van der Waals surface area contributed by atoms with Crippen LogP contribution in [0, 0.1) is 17.7 Å². The largest absolute Gasteiger partial charge is 0.372 e. The number of allylic oxidation sites excluding steroid dienone is 3. The SMILES string of the molecule is Fc1cccc(COCc2ccc(C#CC3=CC4=CC=CNC4N3)cc2)c1. The van der Waals surface area contributed by atoms with Gasteiger partial charge in [-0.2, -0.15) is 0 Å². The molecule has 2 aromatic carbocycles. The van der Waals surface area contributed by atoms with Crippen LogP contribution in [-0.4, -0.2) is 6.17 Å². The molecule has 2 N–H and O–H groups in total. The van der Waals surface area contributed by atoms with E-state index in [4.69, 9.17) is 4.74 Å². The molecule has 4 rings (SSSR count). The predicted molar refractivity (Wildman–Crippen MR) is 104 cm³/mol. The normalized spacial score (nSPS) is 17.0. The molecule has 134 valence electrons. The summed E-state index contributed by atoms with van der Waals surface area (Å²) in [5, 5.41) is 6.57. The highest BCUT2D eigenvalue weighted by Gasteiger charge is 2.19. The lowest BCUT2D eigenvalue weighted by atomic mass is 10.1. The Labute approximate surface area is 158 Å². The average Bonchev–Trinajstić information content (AvgIpc) is 3.10. The molecular formula is C23H19FN2O. The van der Waals surface area contributed by atoms with Gasteiger partial charge in [-0.1, -0.05) is 36.3 Å². The standard InChI is InChI=1S/C23H19FN2O/c24-21-5-1-3-19(13-21)16-27-15-18-8-6-17(7-9-18)10-11-22-14-20-4-2-12-25-23(20)26-22/h1-9,12-14,23,25-26H,15-16H2. The third-order valence-electron chi connectivity index (χ3n) is 4.31. The Morgan fingerprint density at radius 2 is 1.85 bits per heavy atom. The summed E-state index contributed by atoms with van der Waals surface area (Å²) in [5.74, 6) is 6.10. The van der Waals surface area contributed by atoms with E-state index in [0.717, 1.165) is 22.4 Å². The van der Waals surface area contributed by atoms with Crippen LogP contribution in [0.5, 0.6) is 0 Å². The van der Waals surface area contributed by atoms with Crippen molar-refractivity contribution in [1.82, 2.24) is 10.6 Å². The number of hydrogen-bond acceptors (Lipinski definition) is 3. The molecule has 4 heteroatoms. The molecule has 1 atom stereocenters. The summed E-state index contributed by atoms with van der Waals surface area (Å²) in [7, 11) is 0. The van der Waals surface area contributed by atoms with Gasteiger partial charge >= 0.3 is 0 Å². The zero-order chi connectivity index (χ0) is 18.5.